The van der Waals surface area contributed by atoms with Crippen LogP contribution in [0.2, 0.25) is 5.02 Å². The molecule has 2 rings (SSSR count). The van der Waals surface area contributed by atoms with E-state index in [-0.39, 0.29) is 5.02 Å². The lowest BCUT2D eigenvalue weighted by Crippen LogP contribution is -2.20. The number of carboxylic acids is 1. The van der Waals surface area contributed by atoms with Gasteiger partial charge in [-0.25, -0.2) is 4.39 Å². The molecule has 1 heterocycles. The molecule has 16 heavy (non-hydrogen) atoms. The van der Waals surface area contributed by atoms with Crippen molar-refractivity contribution < 1.29 is 14.3 Å². The Balaban J connectivity index is 2.65. The Bertz CT molecular complexity index is 567. The third kappa shape index (κ3) is 1.64. The quantitative estimate of drug-likeness (QED) is 0.754. The molecule has 0 aliphatic heterocycles. The highest BCUT2D eigenvalue weighted by molar-refractivity contribution is 6.31. The minimum Gasteiger partial charge on any atom is -0.480 e. The van der Waals surface area contributed by atoms with Crippen LogP contribution in [-0.2, 0) is 4.79 Å². The highest BCUT2D eigenvalue weighted by atomic mass is 35.5. The second kappa shape index (κ2) is 3.77. The number of aromatic amines is 1. The van der Waals surface area contributed by atoms with Crippen LogP contribution in [0.1, 0.15) is 11.6 Å². The van der Waals surface area contributed by atoms with E-state index in [1.807, 2.05) is 0 Å². The zero-order chi connectivity index (χ0) is 11.9. The van der Waals surface area contributed by atoms with Gasteiger partial charge in [-0.2, -0.15) is 0 Å². The lowest BCUT2D eigenvalue weighted by molar-refractivity contribution is -0.138. The van der Waals surface area contributed by atoms with E-state index < -0.39 is 17.8 Å². The fourth-order valence-electron chi connectivity index (χ4n) is 1.53. The number of nitrogens with one attached hydrogen (secondary N) is 1. The maximum atomic E-state index is 13.1. The number of carbonyl (C=O) groups is 1. The molecule has 0 saturated carbocycles. The van der Waals surface area contributed by atoms with Crippen LogP contribution in [0.3, 0.4) is 0 Å². The molecular weight excluding hydrogens is 235 g/mol. The molecule has 1 aromatic heterocycles. The molecule has 2 aromatic rings. The molecule has 84 valence electrons. The summed E-state index contributed by atoms with van der Waals surface area (Å²) in [4.78, 5) is 13.5. The van der Waals surface area contributed by atoms with Crippen LogP contribution in [-0.4, -0.2) is 16.1 Å². The monoisotopic (exact) mass is 242 g/mol. The minimum atomic E-state index is -1.16. The highest BCUT2D eigenvalue weighted by Gasteiger charge is 2.19. The molecule has 0 amide bonds. The number of hydrogen-bond acceptors (Lipinski definition) is 2. The maximum absolute atomic E-state index is 13.1. The first-order valence-electron chi connectivity index (χ1n) is 4.45. The smallest absolute Gasteiger partial charge is 0.325 e. The predicted molar refractivity (Wildman–Crippen MR) is 57.8 cm³/mol. The van der Waals surface area contributed by atoms with E-state index in [1.165, 1.54) is 18.3 Å². The molecule has 0 aliphatic carbocycles. The molecule has 0 spiro atoms. The number of rotatable bonds is 2. The Morgan fingerprint density at radius 2 is 2.25 bits per heavy atom. The van der Waals surface area contributed by atoms with Gasteiger partial charge in [-0.1, -0.05) is 11.6 Å². The van der Waals surface area contributed by atoms with Crippen LogP contribution in [0.15, 0.2) is 18.3 Å². The van der Waals surface area contributed by atoms with Crippen molar-refractivity contribution in [2.45, 2.75) is 6.04 Å². The molecule has 4 N–H and O–H groups in total. The van der Waals surface area contributed by atoms with Crippen LogP contribution >= 0.6 is 11.6 Å². The zero-order valence-corrected chi connectivity index (χ0v) is 8.75. The molecule has 0 radical (unpaired) electrons. The molecule has 1 aromatic carbocycles. The lowest BCUT2D eigenvalue weighted by atomic mass is 10.1. The summed E-state index contributed by atoms with van der Waals surface area (Å²) in [5, 5.41) is 9.24. The first-order valence-corrected chi connectivity index (χ1v) is 4.83. The summed E-state index contributed by atoms with van der Waals surface area (Å²) in [6.07, 6.45) is 1.44. The third-order valence-corrected chi connectivity index (χ3v) is 2.65. The third-order valence-electron chi connectivity index (χ3n) is 2.36. The highest BCUT2D eigenvalue weighted by Crippen LogP contribution is 2.27. The average molecular weight is 243 g/mol. The summed E-state index contributed by atoms with van der Waals surface area (Å²) in [6, 6.07) is 1.41. The Morgan fingerprint density at radius 3 is 2.88 bits per heavy atom. The van der Waals surface area contributed by atoms with Gasteiger partial charge >= 0.3 is 5.97 Å². The number of benzene rings is 1. The van der Waals surface area contributed by atoms with Gasteiger partial charge in [0.05, 0.1) is 5.02 Å². The van der Waals surface area contributed by atoms with Gasteiger partial charge in [-0.3, -0.25) is 4.79 Å². The summed E-state index contributed by atoms with van der Waals surface area (Å²) >= 11 is 5.62. The van der Waals surface area contributed by atoms with Crippen LogP contribution < -0.4 is 5.73 Å². The summed E-state index contributed by atoms with van der Waals surface area (Å²) in [5.41, 5.74) is 6.33. The van der Waals surface area contributed by atoms with Crippen molar-refractivity contribution in [3.63, 3.8) is 0 Å². The van der Waals surface area contributed by atoms with Crippen molar-refractivity contribution in [2.24, 2.45) is 5.73 Å². The number of hydrogen-bond donors (Lipinski definition) is 3. The van der Waals surface area contributed by atoms with Crippen molar-refractivity contribution in [3.8, 4) is 0 Å². The first kappa shape index (κ1) is 10.9. The summed E-state index contributed by atoms with van der Waals surface area (Å²) in [5.74, 6) is -1.71. The Morgan fingerprint density at radius 1 is 1.56 bits per heavy atom. The number of fused-ring (bicyclic) bond motifs is 1. The van der Waals surface area contributed by atoms with E-state index in [1.54, 1.807) is 0 Å². The van der Waals surface area contributed by atoms with Crippen molar-refractivity contribution in [1.82, 2.24) is 4.98 Å². The standard InChI is InChI=1S/C10H8ClFN2O2/c11-6-1-4-5(9(13)10(15)16)3-14-8(4)2-7(6)12/h1-3,9,14H,13H2,(H,15,16). The van der Waals surface area contributed by atoms with Crippen LogP contribution in [0.5, 0.6) is 0 Å². The average Bonchev–Trinajstić information content (AvgIpc) is 2.60. The second-order valence-electron chi connectivity index (χ2n) is 3.37. The van der Waals surface area contributed by atoms with Crippen LogP contribution in [0, 0.1) is 5.82 Å². The van der Waals surface area contributed by atoms with Gasteiger partial charge in [0.15, 0.2) is 0 Å². The number of H-pyrrole nitrogens is 1. The minimum absolute atomic E-state index is 0.0639. The van der Waals surface area contributed by atoms with Crippen LogP contribution in [0.4, 0.5) is 4.39 Å². The topological polar surface area (TPSA) is 79.1 Å². The Hall–Kier alpha value is -1.59. The van der Waals surface area contributed by atoms with E-state index in [9.17, 15) is 9.18 Å². The van der Waals surface area contributed by atoms with Gasteiger partial charge in [-0.15, -0.1) is 0 Å². The molecule has 0 bridgehead atoms. The SMILES string of the molecule is NC(C(=O)O)c1c[nH]c2cc(F)c(Cl)cc12. The fourth-order valence-corrected chi connectivity index (χ4v) is 1.69. The van der Waals surface area contributed by atoms with E-state index >= 15 is 0 Å². The molecule has 1 atom stereocenters. The number of carboxylic acid groups (broad SMARTS) is 1. The molecule has 0 saturated heterocycles. The number of aliphatic carboxylic acids is 1. The summed E-state index contributed by atoms with van der Waals surface area (Å²) in [6.45, 7) is 0. The second-order valence-corrected chi connectivity index (χ2v) is 3.78. The van der Waals surface area contributed by atoms with Gasteiger partial charge in [-0.05, 0) is 12.1 Å². The van der Waals surface area contributed by atoms with E-state index in [0.29, 0.717) is 16.5 Å². The molecular formula is C10H8ClFN2O2. The summed E-state index contributed by atoms with van der Waals surface area (Å²) < 4.78 is 13.1. The molecule has 0 aliphatic rings. The van der Waals surface area contributed by atoms with Gasteiger partial charge in [0.2, 0.25) is 0 Å². The van der Waals surface area contributed by atoms with Gasteiger partial charge in [0.25, 0.3) is 0 Å². The molecule has 4 nitrogen and oxygen atoms in total. The Labute approximate surface area is 94.8 Å². The predicted octanol–water partition coefficient (Wildman–Crippen LogP) is 2.04. The molecule has 1 unspecified atom stereocenters. The van der Waals surface area contributed by atoms with Crippen molar-refractivity contribution in [3.05, 3.63) is 34.7 Å². The maximum Gasteiger partial charge on any atom is 0.325 e. The van der Waals surface area contributed by atoms with E-state index in [4.69, 9.17) is 22.4 Å². The zero-order valence-electron chi connectivity index (χ0n) is 8.00. The summed E-state index contributed by atoms with van der Waals surface area (Å²) in [7, 11) is 0. The van der Waals surface area contributed by atoms with Gasteiger partial charge < -0.3 is 15.8 Å². The van der Waals surface area contributed by atoms with Crippen LogP contribution in [0.25, 0.3) is 10.9 Å². The van der Waals surface area contributed by atoms with Crippen molar-refractivity contribution in [1.29, 1.82) is 0 Å². The fraction of sp³-hybridized carbons (Fsp3) is 0.100. The number of nitrogens with two attached hydrogens (primary N) is 1. The number of halogens is 2. The lowest BCUT2D eigenvalue weighted by Gasteiger charge is -2.04. The molecule has 0 fully saturated rings. The first-order chi connectivity index (χ1) is 7.50. The molecule has 6 heteroatoms. The Kier molecular flexibility index (Phi) is 2.57. The van der Waals surface area contributed by atoms with E-state index in [2.05, 4.69) is 4.98 Å². The number of aromatic nitrogens is 1. The van der Waals surface area contributed by atoms with E-state index in [0.717, 1.165) is 0 Å². The van der Waals surface area contributed by atoms with Crippen molar-refractivity contribution >= 4 is 28.5 Å². The van der Waals surface area contributed by atoms with Crippen molar-refractivity contribution in [2.75, 3.05) is 0 Å². The normalized spacial score (nSPS) is 12.9. The van der Waals surface area contributed by atoms with Gasteiger partial charge in [0, 0.05) is 22.7 Å². The largest absolute Gasteiger partial charge is 0.480 e. The van der Waals surface area contributed by atoms with Gasteiger partial charge in [0.1, 0.15) is 11.9 Å².